The zero-order valence-corrected chi connectivity index (χ0v) is 27.9. The van der Waals surface area contributed by atoms with Gasteiger partial charge in [0.2, 0.25) is 0 Å². The summed E-state index contributed by atoms with van der Waals surface area (Å²) in [6.45, 7) is -1.10. The Morgan fingerprint density at radius 1 is 0.362 bits per heavy atom. The first-order valence-electron chi connectivity index (χ1n) is 16.8. The summed E-state index contributed by atoms with van der Waals surface area (Å²) in [5.41, 5.74) is 7.56. The molecule has 7 aromatic carbocycles. The summed E-state index contributed by atoms with van der Waals surface area (Å²) < 4.78 is 0. The van der Waals surface area contributed by atoms with Crippen molar-refractivity contribution in [3.05, 3.63) is 194 Å². The predicted molar refractivity (Wildman–Crippen MR) is 207 cm³/mol. The van der Waals surface area contributed by atoms with Crippen molar-refractivity contribution >= 4 is 27.8 Å². The fourth-order valence-electron chi connectivity index (χ4n) is 7.78. The zero-order chi connectivity index (χ0) is 32.0. The Morgan fingerprint density at radius 3 is 1.13 bits per heavy atom. The van der Waals surface area contributed by atoms with Gasteiger partial charge in [-0.2, -0.15) is 0 Å². The van der Waals surface area contributed by atoms with E-state index >= 15 is 0 Å². The Hall–Kier alpha value is -5.03. The van der Waals surface area contributed by atoms with Crippen LogP contribution >= 0.6 is 6.60 Å². The van der Waals surface area contributed by atoms with Crippen molar-refractivity contribution < 1.29 is 0 Å². The van der Waals surface area contributed by atoms with Gasteiger partial charge in [0, 0.05) is 0 Å². The van der Waals surface area contributed by atoms with Gasteiger partial charge in [0.25, 0.3) is 0 Å². The molecule has 0 fully saturated rings. The summed E-state index contributed by atoms with van der Waals surface area (Å²) in [6.07, 6.45) is 3.25. The Bertz CT molecular complexity index is 1940. The van der Waals surface area contributed by atoms with Crippen LogP contribution in [0.2, 0.25) is 0 Å². The van der Waals surface area contributed by atoms with E-state index in [-0.39, 0.29) is 0 Å². The van der Waals surface area contributed by atoms with Crippen LogP contribution in [-0.2, 0) is 0 Å². The molecule has 0 nitrogen and oxygen atoms in total. The van der Waals surface area contributed by atoms with Crippen molar-refractivity contribution in [2.45, 2.75) is 19.8 Å². The third-order valence-electron chi connectivity index (χ3n) is 9.86. The van der Waals surface area contributed by atoms with Crippen LogP contribution in [0.5, 0.6) is 0 Å². The monoisotopic (exact) mass is 624 g/mol. The molecule has 7 aromatic rings. The molecule has 1 heteroatoms. The maximum atomic E-state index is 2.51. The van der Waals surface area contributed by atoms with Crippen molar-refractivity contribution in [2.75, 3.05) is 6.16 Å². The Balaban J connectivity index is 1.79. The molecule has 0 saturated heterocycles. The van der Waals surface area contributed by atoms with Gasteiger partial charge >= 0.3 is 281 Å². The van der Waals surface area contributed by atoms with Gasteiger partial charge in [0.15, 0.2) is 0 Å². The van der Waals surface area contributed by atoms with E-state index in [0.29, 0.717) is 0 Å². The summed E-state index contributed by atoms with van der Waals surface area (Å²) in [5.74, 6) is 0. The standard InChI is InChI=1S/C46H41P/c1-2-3-36-47(40-28-16-7-17-29-40,41-30-18-8-19-31-41,42-32-20-9-21-33-42)44-35-34-43(37-22-10-4-11-23-37)45(38-24-12-5-13-25-38)46(44)39-26-14-6-15-27-39/h4-35H,2-3,36H2,1H3. The Labute approximate surface area is 280 Å². The first kappa shape index (κ1) is 30.6. The molecule has 0 spiro atoms. The molecule has 0 saturated carbocycles. The average molecular weight is 625 g/mol. The van der Waals surface area contributed by atoms with Gasteiger partial charge in [0.1, 0.15) is 0 Å². The summed E-state index contributed by atoms with van der Waals surface area (Å²) in [4.78, 5) is 0. The van der Waals surface area contributed by atoms with E-state index in [4.69, 9.17) is 0 Å². The molecule has 0 radical (unpaired) electrons. The molecule has 0 N–H and O–H groups in total. The van der Waals surface area contributed by atoms with Crippen molar-refractivity contribution in [2.24, 2.45) is 0 Å². The molecule has 0 amide bonds. The first-order chi connectivity index (χ1) is 23.3. The number of hydrogen-bond donors (Lipinski definition) is 0. The van der Waals surface area contributed by atoms with Crippen LogP contribution in [-0.4, -0.2) is 6.16 Å². The van der Waals surface area contributed by atoms with E-state index in [2.05, 4.69) is 201 Å². The average Bonchev–Trinajstić information content (AvgIpc) is 3.17. The summed E-state index contributed by atoms with van der Waals surface area (Å²) >= 11 is 0. The fourth-order valence-corrected chi connectivity index (χ4v) is 15.1. The van der Waals surface area contributed by atoms with Crippen LogP contribution in [0.1, 0.15) is 19.8 Å². The van der Waals surface area contributed by atoms with E-state index in [9.17, 15) is 0 Å². The second kappa shape index (κ2) is 13.4. The van der Waals surface area contributed by atoms with Crippen LogP contribution in [0.4, 0.5) is 0 Å². The Kier molecular flexibility index (Phi) is 8.71. The van der Waals surface area contributed by atoms with Crippen molar-refractivity contribution in [3.8, 4) is 33.4 Å². The van der Waals surface area contributed by atoms with Gasteiger partial charge in [-0.05, 0) is 0 Å². The number of hydrogen-bond acceptors (Lipinski definition) is 0. The first-order valence-corrected chi connectivity index (χ1v) is 19.2. The van der Waals surface area contributed by atoms with Gasteiger partial charge in [-0.15, -0.1) is 0 Å². The normalized spacial score (nSPS) is 12.2. The van der Waals surface area contributed by atoms with Crippen LogP contribution < -0.4 is 21.2 Å². The van der Waals surface area contributed by atoms with Crippen LogP contribution in [0.3, 0.4) is 0 Å². The fraction of sp³-hybridized carbons (Fsp3) is 0.0870. The van der Waals surface area contributed by atoms with E-state index in [1.54, 1.807) is 0 Å². The molecule has 0 heterocycles. The summed E-state index contributed by atoms with van der Waals surface area (Å²) in [7, 11) is 0. The van der Waals surface area contributed by atoms with E-state index in [1.165, 1.54) is 54.6 Å². The van der Waals surface area contributed by atoms with E-state index < -0.39 is 6.60 Å². The van der Waals surface area contributed by atoms with Crippen molar-refractivity contribution in [3.63, 3.8) is 0 Å². The SMILES string of the molecule is CCCCP(c1ccccc1)(c1ccccc1)(c1ccccc1)c1ccc(-c2ccccc2)c(-c2ccccc2)c1-c1ccccc1. The van der Waals surface area contributed by atoms with Gasteiger partial charge < -0.3 is 0 Å². The van der Waals surface area contributed by atoms with E-state index in [0.717, 1.165) is 19.0 Å². The Morgan fingerprint density at radius 2 is 0.723 bits per heavy atom. The number of unbranched alkanes of at least 4 members (excludes halogenated alkanes) is 1. The summed E-state index contributed by atoms with van der Waals surface area (Å²) in [5, 5.41) is 5.66. The van der Waals surface area contributed by atoms with E-state index in [1.807, 2.05) is 0 Å². The number of benzene rings is 7. The minimum atomic E-state index is -3.43. The predicted octanol–water partition coefficient (Wildman–Crippen LogP) is 10.6. The third kappa shape index (κ3) is 5.14. The minimum absolute atomic E-state index is 1.04. The van der Waals surface area contributed by atoms with Crippen LogP contribution in [0, 0.1) is 0 Å². The molecular formula is C46H41P. The molecule has 0 aliphatic rings. The second-order valence-corrected chi connectivity index (χ2v) is 17.5. The molecule has 0 unspecified atom stereocenters. The van der Waals surface area contributed by atoms with Crippen molar-refractivity contribution in [1.82, 2.24) is 0 Å². The zero-order valence-electron chi connectivity index (χ0n) is 27.0. The van der Waals surface area contributed by atoms with Crippen LogP contribution in [0.25, 0.3) is 33.4 Å². The molecular weight excluding hydrogens is 583 g/mol. The molecule has 0 atom stereocenters. The molecule has 47 heavy (non-hydrogen) atoms. The summed E-state index contributed by atoms with van der Waals surface area (Å²) in [6, 6.07) is 72.4. The molecule has 0 bridgehead atoms. The molecule has 0 aliphatic carbocycles. The quantitative estimate of drug-likeness (QED) is 0.133. The van der Waals surface area contributed by atoms with Gasteiger partial charge in [0.05, 0.1) is 0 Å². The topological polar surface area (TPSA) is 0 Å². The molecule has 0 aromatic heterocycles. The van der Waals surface area contributed by atoms with Crippen molar-refractivity contribution in [1.29, 1.82) is 0 Å². The maximum absolute atomic E-state index is 3.43. The molecule has 7 rings (SSSR count). The number of rotatable bonds is 10. The van der Waals surface area contributed by atoms with Gasteiger partial charge in [-0.1, -0.05) is 0 Å². The third-order valence-corrected chi connectivity index (χ3v) is 16.8. The molecule has 0 aliphatic heterocycles. The van der Waals surface area contributed by atoms with Gasteiger partial charge in [-0.25, -0.2) is 0 Å². The van der Waals surface area contributed by atoms with Crippen LogP contribution in [0.15, 0.2) is 194 Å². The molecule has 230 valence electrons. The van der Waals surface area contributed by atoms with Gasteiger partial charge in [-0.3, -0.25) is 0 Å². The second-order valence-electron chi connectivity index (χ2n) is 12.4.